The van der Waals surface area contributed by atoms with Gasteiger partial charge in [-0.3, -0.25) is 28.8 Å². The molecule has 14 N–H and O–H groups in total. The van der Waals surface area contributed by atoms with E-state index >= 15 is 4.79 Å². The molecule has 5 saturated heterocycles. The van der Waals surface area contributed by atoms with Gasteiger partial charge in [0.25, 0.3) is 0 Å². The van der Waals surface area contributed by atoms with E-state index in [2.05, 4.69) is 40.7 Å². The molecule has 0 aromatic carbocycles. The molecule has 0 aromatic heterocycles. The van der Waals surface area contributed by atoms with Crippen LogP contribution in [-0.2, 0) is 99.8 Å². The van der Waals surface area contributed by atoms with Crippen molar-refractivity contribution in [2.45, 2.75) is 371 Å². The number of carbonyl (C=O) groups is 6. The van der Waals surface area contributed by atoms with Crippen LogP contribution in [0.3, 0.4) is 0 Å². The van der Waals surface area contributed by atoms with Crippen molar-refractivity contribution >= 4 is 35.8 Å². The van der Waals surface area contributed by atoms with E-state index in [0.717, 1.165) is 12.5 Å². The summed E-state index contributed by atoms with van der Waals surface area (Å²) in [5.41, 5.74) is -4.56. The van der Waals surface area contributed by atoms with Gasteiger partial charge >= 0.3 is 35.8 Å². The molecule has 112 heavy (non-hydrogen) atoms. The minimum absolute atomic E-state index is 0.0344. The van der Waals surface area contributed by atoms with Crippen LogP contribution in [0, 0.1) is 50.2 Å². The zero-order valence-corrected chi connectivity index (χ0v) is 66.4. The van der Waals surface area contributed by atoms with Crippen molar-refractivity contribution in [2.24, 2.45) is 50.2 Å². The number of fused-ring (bicyclic) bond motifs is 7. The first-order valence-electron chi connectivity index (χ1n) is 39.3. The van der Waals surface area contributed by atoms with E-state index in [9.17, 15) is 95.5 Å². The number of aliphatic hydroxyl groups excluding tert-OH is 14. The number of hydrogen-bond acceptors (Lipinski definition) is 35. The SMILES string of the molecule is CC(=O)O[C@H]1[C@@H](O)[C@H](O[C@H]2[C@H](OC(=O)[C@]34CCC(C)(C)C[C@H]3C3=CC[C@@H]5[C@@]6(C)C[C@H](O)[C@H](O[C@@H]7O[C@@H](C)[C@H](O)[C@@H](O)[C@H]7O)[C@@](C)(CO)[C@@H]6CC[C@@]5(C)[C@]3(C)C[C@H]4O)O[C@H](C)[C@H](OC(=O)C[C@H](C)OC(=O)CC(C)OC(=O)CC(C)OC(=O)CC(C)O)[C@@H]2O)O[C@@H](C)[C@@H]1O[C@@H]1OC[C@@H](O)[C@H](O[C@@H]2O[C@@H](C)[C@H](O)[C@@H](O)[C@H]2O)[C@H]1O. The van der Waals surface area contributed by atoms with E-state index in [-0.39, 0.29) is 43.9 Å². The van der Waals surface area contributed by atoms with Crippen LogP contribution in [0.5, 0.6) is 0 Å². The van der Waals surface area contributed by atoms with Gasteiger partial charge in [0.2, 0.25) is 6.29 Å². The van der Waals surface area contributed by atoms with E-state index in [1.807, 2.05) is 6.92 Å². The summed E-state index contributed by atoms with van der Waals surface area (Å²) < 4.78 is 88.9. The van der Waals surface area contributed by atoms with Gasteiger partial charge in [-0.2, -0.15) is 0 Å². The summed E-state index contributed by atoms with van der Waals surface area (Å²) in [7, 11) is 0. The summed E-state index contributed by atoms with van der Waals surface area (Å²) >= 11 is 0. The van der Waals surface area contributed by atoms with Gasteiger partial charge in [-0.05, 0) is 146 Å². The van der Waals surface area contributed by atoms with Gasteiger partial charge in [-0.15, -0.1) is 0 Å². The molecule has 9 fully saturated rings. The van der Waals surface area contributed by atoms with E-state index in [1.54, 1.807) is 0 Å². The monoisotopic (exact) mass is 1610 g/mol. The van der Waals surface area contributed by atoms with E-state index in [4.69, 9.17) is 71.1 Å². The van der Waals surface area contributed by atoms with Crippen LogP contribution in [0.4, 0.5) is 0 Å². The van der Waals surface area contributed by atoms with E-state index in [1.165, 1.54) is 55.4 Å². The average molecular weight is 1610 g/mol. The Morgan fingerprint density at radius 2 is 0.991 bits per heavy atom. The maximum Gasteiger partial charge on any atom is 0.317 e. The Kier molecular flexibility index (Phi) is 28.0. The first-order valence-corrected chi connectivity index (χ1v) is 39.3. The molecule has 0 bridgehead atoms. The van der Waals surface area contributed by atoms with E-state index in [0.29, 0.717) is 32.1 Å². The smallest absolute Gasteiger partial charge is 0.317 e. The van der Waals surface area contributed by atoms with Gasteiger partial charge in [0.05, 0.1) is 87.7 Å². The fraction of sp³-hybridized carbons (Fsp3) is 0.896. The van der Waals surface area contributed by atoms with Crippen LogP contribution >= 0.6 is 0 Å². The number of esters is 6. The van der Waals surface area contributed by atoms with Crippen LogP contribution in [0.1, 0.15) is 181 Å². The number of hydrogen-bond donors (Lipinski definition) is 14. The van der Waals surface area contributed by atoms with Gasteiger partial charge in [0, 0.05) is 12.3 Å². The van der Waals surface area contributed by atoms with Crippen LogP contribution in [-0.4, -0.2) is 311 Å². The summed E-state index contributed by atoms with van der Waals surface area (Å²) in [6, 6.07) is 0. The molecule has 4 saturated carbocycles. The highest BCUT2D eigenvalue weighted by Gasteiger charge is 2.74. The average Bonchev–Trinajstić information content (AvgIpc) is 0.669. The normalized spacial score (nSPS) is 47.0. The van der Waals surface area contributed by atoms with Crippen molar-refractivity contribution in [3.8, 4) is 0 Å². The minimum Gasteiger partial charge on any atom is -0.462 e. The van der Waals surface area contributed by atoms with E-state index < -0.39 is 290 Å². The van der Waals surface area contributed by atoms with Gasteiger partial charge in [0.15, 0.2) is 43.5 Å². The molecule has 3 unspecified atom stereocenters. The number of ether oxygens (including phenoxy) is 15. The summed E-state index contributed by atoms with van der Waals surface area (Å²) in [4.78, 5) is 81.1. The minimum atomic E-state index is -2.13. The first-order chi connectivity index (χ1) is 52.2. The Morgan fingerprint density at radius 1 is 0.491 bits per heavy atom. The van der Waals surface area contributed by atoms with Gasteiger partial charge in [-0.25, -0.2) is 0 Å². The predicted octanol–water partition coefficient (Wildman–Crippen LogP) is -0.690. The standard InChI is InChI=1S/C77H122O35/c1-31(79)22-47(84)99-32(2)23-48(85)100-33(3)24-49(86)101-34(4)25-50(87)107-60-37(7)105-70(64(57(60)94)110-69-59(96)63(106-39(9)80)61(38(8)104-69)108-66-58(95)62(43(82)29-98-66)109-67-55(92)53(90)51(88)35(5)102-67)112-71(97)77-21-20-72(10,11)26-41(77)40-16-17-45-73(12)27-42(81)65(111-68-56(93)54(91)52(89)36(6)103-68)74(13,30-78)44(73)18-19-75(45,14)76(40,15)28-46(77)83/h16,31-38,41-46,51-70,78-79,81-83,88-96H,17-30H2,1-15H3/t31?,32?,33?,34-,35-,36-,37+,38-,41-,42-,43+,44+,45+,46+,51-,52-,53+,54+,55+,56+,57-,58+,59+,60-,61-,62-,63-,64+,65-,66-,67-,68-,69-,70-,73-,74-,75+,76+,77+/m0/s1. The third-order valence-electron chi connectivity index (χ3n) is 26.4. The Balaban J connectivity index is 0.905. The maximum atomic E-state index is 16.2. The van der Waals surface area contributed by atoms with Crippen molar-refractivity contribution in [3.63, 3.8) is 0 Å². The molecule has 5 heterocycles. The predicted molar refractivity (Wildman–Crippen MR) is 378 cm³/mol. The molecular formula is C77H122O35. The summed E-state index contributed by atoms with van der Waals surface area (Å²) in [5, 5.41) is 158. The van der Waals surface area contributed by atoms with Crippen molar-refractivity contribution in [2.75, 3.05) is 13.2 Å². The third-order valence-corrected chi connectivity index (χ3v) is 26.4. The molecule has 10 rings (SSSR count). The highest BCUT2D eigenvalue weighted by Crippen LogP contribution is 2.76. The zero-order valence-electron chi connectivity index (χ0n) is 66.4. The number of aliphatic hydroxyl groups is 14. The summed E-state index contributed by atoms with van der Waals surface area (Å²) in [6.45, 7) is 23.7. The van der Waals surface area contributed by atoms with Crippen LogP contribution < -0.4 is 0 Å². The van der Waals surface area contributed by atoms with Crippen molar-refractivity contribution < 1.29 is 171 Å². The Bertz CT molecular complexity index is 3320. The largest absolute Gasteiger partial charge is 0.462 e. The van der Waals surface area contributed by atoms with Gasteiger partial charge in [-0.1, -0.05) is 53.2 Å². The van der Waals surface area contributed by atoms with Gasteiger partial charge < -0.3 is 143 Å². The second-order valence-electron chi connectivity index (χ2n) is 35.3. The zero-order chi connectivity index (χ0) is 82.9. The third kappa shape index (κ3) is 17.7. The summed E-state index contributed by atoms with van der Waals surface area (Å²) in [6.07, 6.45) is -44.9. The number of allylic oxidation sites excluding steroid dienone is 2. The van der Waals surface area contributed by atoms with Crippen LogP contribution in [0.2, 0.25) is 0 Å². The Labute approximate surface area is 651 Å². The van der Waals surface area contributed by atoms with Gasteiger partial charge in [0.1, 0.15) is 97.0 Å². The lowest BCUT2D eigenvalue weighted by Crippen LogP contribution is -2.70. The fourth-order valence-corrected chi connectivity index (χ4v) is 20.3. The highest BCUT2D eigenvalue weighted by atomic mass is 16.8. The lowest BCUT2D eigenvalue weighted by Gasteiger charge is -2.72. The van der Waals surface area contributed by atoms with Crippen LogP contribution in [0.15, 0.2) is 11.6 Å². The molecule has 5 aliphatic carbocycles. The lowest BCUT2D eigenvalue weighted by atomic mass is 9.33. The molecule has 35 heteroatoms. The van der Waals surface area contributed by atoms with Crippen molar-refractivity contribution in [1.29, 1.82) is 0 Å². The molecule has 10 aliphatic rings. The molecule has 640 valence electrons. The number of rotatable bonds is 24. The van der Waals surface area contributed by atoms with Crippen molar-refractivity contribution in [1.82, 2.24) is 0 Å². The quantitative estimate of drug-likeness (QED) is 0.0246. The summed E-state index contributed by atoms with van der Waals surface area (Å²) in [5.74, 6) is -6.65. The first kappa shape index (κ1) is 90.0. The maximum absolute atomic E-state index is 16.2. The van der Waals surface area contributed by atoms with Crippen LogP contribution in [0.25, 0.3) is 0 Å². The molecule has 35 nitrogen and oxygen atoms in total. The lowest BCUT2D eigenvalue weighted by molar-refractivity contribution is -0.380. The highest BCUT2D eigenvalue weighted by molar-refractivity contribution is 5.80. The second-order valence-corrected chi connectivity index (χ2v) is 35.3. The molecule has 0 spiro atoms. The molecule has 0 aromatic rings. The Morgan fingerprint density at radius 3 is 1.55 bits per heavy atom. The molecule has 0 radical (unpaired) electrons. The topological polar surface area (TPSA) is 524 Å². The fourth-order valence-electron chi connectivity index (χ4n) is 20.3. The molecular weight excluding hydrogens is 1480 g/mol. The molecule has 5 aliphatic heterocycles. The van der Waals surface area contributed by atoms with Crippen molar-refractivity contribution in [3.05, 3.63) is 11.6 Å². The Hall–Kier alpha value is -4.36. The molecule has 39 atom stereocenters. The molecule has 0 amide bonds. The number of carbonyl (C=O) groups excluding carboxylic acids is 6. The second kappa shape index (κ2) is 34.9.